The summed E-state index contributed by atoms with van der Waals surface area (Å²) < 4.78 is 10.9. The molecule has 1 heterocycles. The molecule has 1 rings (SSSR count). The lowest BCUT2D eigenvalue weighted by Crippen LogP contribution is -2.46. The molecule has 1 aliphatic heterocycles. The molecule has 1 atom stereocenters. The van der Waals surface area contributed by atoms with Crippen molar-refractivity contribution in [1.29, 1.82) is 0 Å². The van der Waals surface area contributed by atoms with Crippen molar-refractivity contribution in [3.05, 3.63) is 0 Å². The van der Waals surface area contributed by atoms with Crippen molar-refractivity contribution in [3.8, 4) is 0 Å². The molecule has 0 aliphatic carbocycles. The third kappa shape index (κ3) is 4.06. The van der Waals surface area contributed by atoms with E-state index in [9.17, 15) is 4.79 Å². The molecule has 1 fully saturated rings. The first kappa shape index (κ1) is 15.6. The molecule has 0 aromatic rings. The molecule has 18 heavy (non-hydrogen) atoms. The van der Waals surface area contributed by atoms with Gasteiger partial charge in [0.05, 0.1) is 0 Å². The van der Waals surface area contributed by atoms with Gasteiger partial charge in [0.25, 0.3) is 0 Å². The van der Waals surface area contributed by atoms with Gasteiger partial charge in [-0.05, 0) is 5.92 Å². The van der Waals surface area contributed by atoms with Gasteiger partial charge in [-0.3, -0.25) is 4.79 Å². The van der Waals surface area contributed by atoms with E-state index >= 15 is 0 Å². The van der Waals surface area contributed by atoms with Gasteiger partial charge < -0.3 is 9.47 Å². The number of carbonyl (C=O) groups is 1. The molecule has 3 nitrogen and oxygen atoms in total. The second-order valence-corrected chi connectivity index (χ2v) is 5.35. The van der Waals surface area contributed by atoms with Crippen molar-refractivity contribution >= 4 is 5.78 Å². The highest BCUT2D eigenvalue weighted by Gasteiger charge is 2.40. The molecule has 3 heteroatoms. The van der Waals surface area contributed by atoms with Crippen molar-refractivity contribution < 1.29 is 14.3 Å². The molecule has 0 N–H and O–H groups in total. The van der Waals surface area contributed by atoms with E-state index in [1.54, 1.807) is 7.11 Å². The maximum absolute atomic E-state index is 12.5. The number of unbranched alkanes of at least 4 members (excludes halogenated alkanes) is 1. The van der Waals surface area contributed by atoms with Crippen molar-refractivity contribution in [3.63, 3.8) is 0 Å². The van der Waals surface area contributed by atoms with E-state index in [0.717, 1.165) is 12.8 Å². The monoisotopic (exact) mass is 256 g/mol. The van der Waals surface area contributed by atoms with Gasteiger partial charge in [-0.25, -0.2) is 0 Å². The second kappa shape index (κ2) is 7.90. The van der Waals surface area contributed by atoms with Crippen molar-refractivity contribution in [2.24, 2.45) is 5.92 Å². The largest absolute Gasteiger partial charge is 0.381 e. The Bertz CT molecular complexity index is 244. The molecule has 0 saturated carbocycles. The van der Waals surface area contributed by atoms with Crippen LogP contribution in [-0.2, 0) is 14.3 Å². The second-order valence-electron chi connectivity index (χ2n) is 5.35. The van der Waals surface area contributed by atoms with Crippen LogP contribution >= 0.6 is 0 Å². The average molecular weight is 256 g/mol. The van der Waals surface area contributed by atoms with Crippen molar-refractivity contribution in [2.75, 3.05) is 20.3 Å². The number of rotatable bonds is 8. The van der Waals surface area contributed by atoms with Crippen LogP contribution in [0.1, 0.15) is 58.8 Å². The van der Waals surface area contributed by atoms with Crippen LogP contribution in [0.25, 0.3) is 0 Å². The minimum absolute atomic E-state index is 0.288. The van der Waals surface area contributed by atoms with Gasteiger partial charge in [0, 0.05) is 39.6 Å². The summed E-state index contributed by atoms with van der Waals surface area (Å²) >= 11 is 0. The lowest BCUT2D eigenvalue weighted by molar-refractivity contribution is -0.153. The van der Waals surface area contributed by atoms with E-state index in [4.69, 9.17) is 9.47 Å². The molecule has 0 aromatic heterocycles. The van der Waals surface area contributed by atoms with Crippen LogP contribution in [0.5, 0.6) is 0 Å². The average Bonchev–Trinajstić information content (AvgIpc) is 2.43. The zero-order valence-electron chi connectivity index (χ0n) is 12.2. The molecule has 1 saturated heterocycles. The van der Waals surface area contributed by atoms with Crippen molar-refractivity contribution in [1.82, 2.24) is 0 Å². The Morgan fingerprint density at radius 1 is 1.33 bits per heavy atom. The van der Waals surface area contributed by atoms with Gasteiger partial charge in [-0.2, -0.15) is 0 Å². The number of hydrogen-bond acceptors (Lipinski definition) is 3. The fourth-order valence-corrected chi connectivity index (χ4v) is 2.69. The summed E-state index contributed by atoms with van der Waals surface area (Å²) in [6.45, 7) is 5.66. The Morgan fingerprint density at radius 2 is 2.00 bits per heavy atom. The number of methoxy groups -OCH3 is 1. The van der Waals surface area contributed by atoms with Crippen LogP contribution in [-0.4, -0.2) is 31.7 Å². The molecule has 106 valence electrons. The fourth-order valence-electron chi connectivity index (χ4n) is 2.69. The van der Waals surface area contributed by atoms with Crippen LogP contribution < -0.4 is 0 Å². The standard InChI is InChI=1S/C15H28O3/c1-4-6-7-13(5-2)12-14(16)15(17-3)8-10-18-11-9-15/h13H,4-12H2,1-3H3. The SMILES string of the molecule is CCCCC(CC)CC(=O)C1(OC)CCOCC1. The molecule has 1 aliphatic rings. The maximum Gasteiger partial charge on any atom is 0.165 e. The molecule has 0 bridgehead atoms. The molecule has 0 amide bonds. The Hall–Kier alpha value is -0.410. The van der Waals surface area contributed by atoms with E-state index in [1.807, 2.05) is 0 Å². The van der Waals surface area contributed by atoms with Crippen LogP contribution in [0.2, 0.25) is 0 Å². The molecule has 0 spiro atoms. The number of hydrogen-bond donors (Lipinski definition) is 0. The highest BCUT2D eigenvalue weighted by atomic mass is 16.5. The zero-order valence-corrected chi connectivity index (χ0v) is 12.2. The van der Waals surface area contributed by atoms with Gasteiger partial charge >= 0.3 is 0 Å². The molecular formula is C15H28O3. The summed E-state index contributed by atoms with van der Waals surface area (Å²) in [7, 11) is 1.66. The summed E-state index contributed by atoms with van der Waals surface area (Å²) in [4.78, 5) is 12.5. The highest BCUT2D eigenvalue weighted by Crippen LogP contribution is 2.29. The molecular weight excluding hydrogens is 228 g/mol. The predicted molar refractivity (Wildman–Crippen MR) is 72.7 cm³/mol. The first-order valence-electron chi connectivity index (χ1n) is 7.34. The smallest absolute Gasteiger partial charge is 0.165 e. The Morgan fingerprint density at radius 3 is 2.50 bits per heavy atom. The van der Waals surface area contributed by atoms with Gasteiger partial charge in [0.1, 0.15) is 5.60 Å². The number of carbonyl (C=O) groups excluding carboxylic acids is 1. The number of Topliss-reactive ketones (excluding diaryl/α,β-unsaturated/α-hetero) is 1. The van der Waals surface area contributed by atoms with E-state index in [0.29, 0.717) is 38.4 Å². The maximum atomic E-state index is 12.5. The minimum Gasteiger partial charge on any atom is -0.381 e. The van der Waals surface area contributed by atoms with Crippen LogP contribution in [0, 0.1) is 5.92 Å². The minimum atomic E-state index is -0.558. The Labute approximate surface area is 111 Å². The quantitative estimate of drug-likeness (QED) is 0.668. The number of ketones is 1. The van der Waals surface area contributed by atoms with E-state index in [-0.39, 0.29) is 5.78 Å². The first-order valence-corrected chi connectivity index (χ1v) is 7.34. The van der Waals surface area contributed by atoms with Crippen LogP contribution in [0.4, 0.5) is 0 Å². The van der Waals surface area contributed by atoms with E-state index < -0.39 is 5.60 Å². The molecule has 0 aromatic carbocycles. The third-order valence-corrected chi connectivity index (χ3v) is 4.22. The predicted octanol–water partition coefficient (Wildman–Crippen LogP) is 3.36. The lowest BCUT2D eigenvalue weighted by atomic mass is 9.82. The van der Waals surface area contributed by atoms with Crippen LogP contribution in [0.15, 0.2) is 0 Å². The zero-order chi connectivity index (χ0) is 13.4. The summed E-state index contributed by atoms with van der Waals surface area (Å²) in [5.41, 5.74) is -0.558. The summed E-state index contributed by atoms with van der Waals surface area (Å²) in [6.07, 6.45) is 6.77. The fraction of sp³-hybridized carbons (Fsp3) is 0.933. The summed E-state index contributed by atoms with van der Waals surface area (Å²) in [5.74, 6) is 0.809. The van der Waals surface area contributed by atoms with Gasteiger partial charge in [0.15, 0.2) is 5.78 Å². The molecule has 1 unspecified atom stereocenters. The highest BCUT2D eigenvalue weighted by molar-refractivity contribution is 5.87. The third-order valence-electron chi connectivity index (χ3n) is 4.22. The normalized spacial score (nSPS) is 20.6. The number of ether oxygens (including phenoxy) is 2. The molecule has 0 radical (unpaired) electrons. The Balaban J connectivity index is 2.54. The van der Waals surface area contributed by atoms with Crippen molar-refractivity contribution in [2.45, 2.75) is 64.4 Å². The summed E-state index contributed by atoms with van der Waals surface area (Å²) in [5, 5.41) is 0. The lowest BCUT2D eigenvalue weighted by Gasteiger charge is -2.35. The van der Waals surface area contributed by atoms with Gasteiger partial charge in [-0.15, -0.1) is 0 Å². The van der Waals surface area contributed by atoms with Crippen LogP contribution in [0.3, 0.4) is 0 Å². The Kier molecular flexibility index (Phi) is 6.87. The van der Waals surface area contributed by atoms with E-state index in [2.05, 4.69) is 13.8 Å². The first-order chi connectivity index (χ1) is 8.68. The van der Waals surface area contributed by atoms with E-state index in [1.165, 1.54) is 12.8 Å². The van der Waals surface area contributed by atoms with Gasteiger partial charge in [-0.1, -0.05) is 39.5 Å². The van der Waals surface area contributed by atoms with Gasteiger partial charge in [0.2, 0.25) is 0 Å². The summed E-state index contributed by atoms with van der Waals surface area (Å²) in [6, 6.07) is 0. The topological polar surface area (TPSA) is 35.5 Å².